The molecule has 0 aliphatic carbocycles. The fraction of sp³-hybridized carbons (Fsp3) is 0.684. The highest BCUT2D eigenvalue weighted by Gasteiger charge is 2.45. The molecule has 3 saturated heterocycles. The Kier molecular flexibility index (Phi) is 4.46. The molecule has 0 aromatic carbocycles. The van der Waals surface area contributed by atoms with Gasteiger partial charge in [-0.1, -0.05) is 6.42 Å². The first-order valence-corrected chi connectivity index (χ1v) is 10.8. The number of thiazole rings is 1. The van der Waals surface area contributed by atoms with Crippen molar-refractivity contribution < 1.29 is 4.79 Å². The summed E-state index contributed by atoms with van der Waals surface area (Å²) in [6.45, 7) is 4.25. The van der Waals surface area contributed by atoms with Gasteiger partial charge in [0.05, 0.1) is 12.1 Å². The second kappa shape index (κ2) is 6.94. The minimum Gasteiger partial charge on any atom is -0.354 e. The van der Waals surface area contributed by atoms with Crippen LogP contribution in [0.5, 0.6) is 0 Å². The number of amides is 1. The summed E-state index contributed by atoms with van der Waals surface area (Å²) in [4.78, 5) is 20.7. The van der Waals surface area contributed by atoms with E-state index in [1.165, 1.54) is 38.8 Å². The molecule has 2 bridgehead atoms. The topological polar surface area (TPSA) is 61.7 Å². The van der Waals surface area contributed by atoms with Gasteiger partial charge in [0.1, 0.15) is 0 Å². The van der Waals surface area contributed by atoms with E-state index >= 15 is 0 Å². The van der Waals surface area contributed by atoms with Gasteiger partial charge >= 0.3 is 0 Å². The molecule has 2 aromatic heterocycles. The highest BCUT2D eigenvalue weighted by Crippen LogP contribution is 2.38. The van der Waals surface area contributed by atoms with Gasteiger partial charge in [-0.2, -0.15) is 0 Å². The number of piperidine rings is 3. The predicted octanol–water partition coefficient (Wildman–Crippen LogP) is 1.52. The molecule has 0 spiro atoms. The third-order valence-corrected chi connectivity index (χ3v) is 7.29. The van der Waals surface area contributed by atoms with Crippen LogP contribution in [0, 0.1) is 11.8 Å². The van der Waals surface area contributed by atoms with Gasteiger partial charge in [-0.3, -0.25) is 14.1 Å². The summed E-state index contributed by atoms with van der Waals surface area (Å²) in [7, 11) is 0. The zero-order chi connectivity index (χ0) is 17.5. The first-order chi connectivity index (χ1) is 12.8. The van der Waals surface area contributed by atoms with Crippen LogP contribution in [0.25, 0.3) is 4.96 Å². The molecule has 1 amide bonds. The van der Waals surface area contributed by atoms with Crippen LogP contribution < -0.4 is 10.6 Å². The van der Waals surface area contributed by atoms with Gasteiger partial charge in [0.25, 0.3) is 0 Å². The van der Waals surface area contributed by atoms with E-state index < -0.39 is 0 Å². The Hall–Kier alpha value is -1.44. The van der Waals surface area contributed by atoms with Crippen molar-refractivity contribution in [1.29, 1.82) is 0 Å². The molecule has 2 aromatic rings. The smallest absolute Gasteiger partial charge is 0.226 e. The summed E-state index contributed by atoms with van der Waals surface area (Å²) in [5, 5.41) is 8.87. The second-order valence-electron chi connectivity index (χ2n) is 8.09. The largest absolute Gasteiger partial charge is 0.354 e. The van der Waals surface area contributed by atoms with Crippen molar-refractivity contribution in [2.75, 3.05) is 26.2 Å². The van der Waals surface area contributed by atoms with Crippen LogP contribution in [0.4, 0.5) is 0 Å². The van der Waals surface area contributed by atoms with E-state index in [-0.39, 0.29) is 5.91 Å². The molecule has 2 N–H and O–H groups in total. The lowest BCUT2D eigenvalue weighted by Crippen LogP contribution is -2.65. The molecule has 5 rings (SSSR count). The molecule has 3 aliphatic rings. The minimum atomic E-state index is 0.0928. The Labute approximate surface area is 158 Å². The van der Waals surface area contributed by atoms with E-state index in [0.29, 0.717) is 18.4 Å². The Morgan fingerprint density at radius 1 is 1.35 bits per heavy atom. The summed E-state index contributed by atoms with van der Waals surface area (Å²) in [6, 6.07) is 1.20. The molecule has 0 saturated carbocycles. The van der Waals surface area contributed by atoms with Gasteiger partial charge in [-0.25, -0.2) is 4.98 Å². The maximum absolute atomic E-state index is 12.5. The van der Waals surface area contributed by atoms with Gasteiger partial charge in [0, 0.05) is 36.4 Å². The molecule has 6 nitrogen and oxygen atoms in total. The van der Waals surface area contributed by atoms with Gasteiger partial charge in [0.2, 0.25) is 5.91 Å². The number of hydrogen-bond donors (Lipinski definition) is 2. The number of carbonyl (C=O) groups excluding carboxylic acids is 1. The van der Waals surface area contributed by atoms with Gasteiger partial charge < -0.3 is 10.6 Å². The monoisotopic (exact) mass is 373 g/mol. The van der Waals surface area contributed by atoms with Gasteiger partial charge in [-0.15, -0.1) is 11.3 Å². The van der Waals surface area contributed by atoms with Crippen molar-refractivity contribution in [1.82, 2.24) is 24.9 Å². The Bertz CT molecular complexity index is 757. The van der Waals surface area contributed by atoms with Crippen molar-refractivity contribution in [2.45, 2.75) is 44.2 Å². The standard InChI is InChI=1S/C19H27N5OS/c25-18(8-15-12-23-5-6-26-19(23)22-15)21-11-17-14-7-13(9-20-10-14)16-3-1-2-4-24(16)17/h5-6,12-14,16-17,20H,1-4,7-11H2,(H,21,25)/t13-,14+,16+,17+/m1/s1. The lowest BCUT2D eigenvalue weighted by atomic mass is 9.73. The number of nitrogens with one attached hydrogen (secondary N) is 2. The summed E-state index contributed by atoms with van der Waals surface area (Å²) >= 11 is 1.60. The number of imidazole rings is 1. The Balaban J connectivity index is 1.23. The summed E-state index contributed by atoms with van der Waals surface area (Å²) < 4.78 is 1.99. The molecule has 3 fully saturated rings. The lowest BCUT2D eigenvalue weighted by molar-refractivity contribution is -0.121. The fourth-order valence-electron chi connectivity index (χ4n) is 5.36. The Morgan fingerprint density at radius 3 is 3.19 bits per heavy atom. The van der Waals surface area contributed by atoms with Crippen molar-refractivity contribution in [2.24, 2.45) is 11.8 Å². The fourth-order valence-corrected chi connectivity index (χ4v) is 6.07. The van der Waals surface area contributed by atoms with Gasteiger partial charge in [0.15, 0.2) is 4.96 Å². The number of rotatable bonds is 4. The van der Waals surface area contributed by atoms with Crippen LogP contribution in [0.3, 0.4) is 0 Å². The summed E-state index contributed by atoms with van der Waals surface area (Å²) in [5.74, 6) is 1.57. The van der Waals surface area contributed by atoms with Crippen LogP contribution in [-0.2, 0) is 11.2 Å². The maximum Gasteiger partial charge on any atom is 0.226 e. The van der Waals surface area contributed by atoms with Crippen molar-refractivity contribution in [3.8, 4) is 0 Å². The molecule has 4 atom stereocenters. The zero-order valence-corrected chi connectivity index (χ0v) is 15.9. The van der Waals surface area contributed by atoms with E-state index in [2.05, 4.69) is 20.5 Å². The van der Waals surface area contributed by atoms with E-state index in [4.69, 9.17) is 0 Å². The highest BCUT2D eigenvalue weighted by molar-refractivity contribution is 7.15. The van der Waals surface area contributed by atoms with E-state index in [9.17, 15) is 4.79 Å². The maximum atomic E-state index is 12.5. The second-order valence-corrected chi connectivity index (χ2v) is 8.96. The molecule has 26 heavy (non-hydrogen) atoms. The number of carbonyl (C=O) groups is 1. The molecular weight excluding hydrogens is 346 g/mol. The summed E-state index contributed by atoms with van der Waals surface area (Å²) in [5.41, 5.74) is 0.855. The zero-order valence-electron chi connectivity index (χ0n) is 15.1. The van der Waals surface area contributed by atoms with E-state index in [1.807, 2.05) is 22.2 Å². The van der Waals surface area contributed by atoms with E-state index in [0.717, 1.165) is 35.7 Å². The summed E-state index contributed by atoms with van der Waals surface area (Å²) in [6.07, 6.45) is 9.64. The first-order valence-electron chi connectivity index (χ1n) is 9.92. The third-order valence-electron chi connectivity index (χ3n) is 6.52. The molecule has 5 heterocycles. The number of hydrogen-bond acceptors (Lipinski definition) is 5. The van der Waals surface area contributed by atoms with Crippen molar-refractivity contribution in [3.63, 3.8) is 0 Å². The van der Waals surface area contributed by atoms with Gasteiger partial charge in [-0.05, 0) is 50.7 Å². The van der Waals surface area contributed by atoms with Crippen molar-refractivity contribution >= 4 is 22.2 Å². The van der Waals surface area contributed by atoms with Crippen LogP contribution in [0.2, 0.25) is 0 Å². The highest BCUT2D eigenvalue weighted by atomic mass is 32.1. The number of fused-ring (bicyclic) bond motifs is 5. The number of nitrogens with zero attached hydrogens (tertiary/aromatic N) is 3. The minimum absolute atomic E-state index is 0.0928. The number of aromatic nitrogens is 2. The lowest BCUT2D eigenvalue weighted by Gasteiger charge is -2.55. The van der Waals surface area contributed by atoms with Crippen molar-refractivity contribution in [3.05, 3.63) is 23.5 Å². The van der Waals surface area contributed by atoms with Crippen LogP contribution in [0.15, 0.2) is 17.8 Å². The van der Waals surface area contributed by atoms with E-state index in [1.54, 1.807) is 11.3 Å². The Morgan fingerprint density at radius 2 is 2.27 bits per heavy atom. The predicted molar refractivity (Wildman–Crippen MR) is 102 cm³/mol. The molecule has 0 radical (unpaired) electrons. The van der Waals surface area contributed by atoms with Crippen LogP contribution in [0.1, 0.15) is 31.4 Å². The molecule has 0 unspecified atom stereocenters. The molecule has 3 aliphatic heterocycles. The average molecular weight is 374 g/mol. The molecular formula is C19H27N5OS. The quantitative estimate of drug-likeness (QED) is 0.853. The first kappa shape index (κ1) is 16.7. The molecule has 140 valence electrons. The normalized spacial score (nSPS) is 31.7. The average Bonchev–Trinajstić information content (AvgIpc) is 3.23. The van der Waals surface area contributed by atoms with Crippen LogP contribution in [-0.4, -0.2) is 58.5 Å². The van der Waals surface area contributed by atoms with Crippen LogP contribution >= 0.6 is 11.3 Å². The third kappa shape index (κ3) is 3.06. The molecule has 7 heteroatoms. The SMILES string of the molecule is O=C(Cc1cn2ccsc2n1)NC[C@H]1[C@@H]2CNC[C@@H](C2)[C@@H]2CCCCN21.